The van der Waals surface area contributed by atoms with Gasteiger partial charge >= 0.3 is 0 Å². The van der Waals surface area contributed by atoms with Crippen molar-refractivity contribution >= 4 is 17.4 Å². The van der Waals surface area contributed by atoms with Crippen molar-refractivity contribution in [3.8, 4) is 0 Å². The zero-order valence-electron chi connectivity index (χ0n) is 17.1. The topological polar surface area (TPSA) is 57.6 Å². The lowest BCUT2D eigenvalue weighted by atomic mass is 9.87. The molecule has 1 heterocycles. The van der Waals surface area contributed by atoms with Gasteiger partial charge in [-0.1, -0.05) is 77.1 Å². The van der Waals surface area contributed by atoms with Gasteiger partial charge in [0.2, 0.25) is 0 Å². The molecule has 4 nitrogen and oxygen atoms in total. The van der Waals surface area contributed by atoms with Crippen LogP contribution in [0, 0.1) is 5.92 Å². The molecule has 0 saturated heterocycles. The molecule has 0 aromatic heterocycles. The van der Waals surface area contributed by atoms with Crippen LogP contribution < -0.4 is 4.90 Å². The van der Waals surface area contributed by atoms with Gasteiger partial charge in [-0.2, -0.15) is 0 Å². The third kappa shape index (κ3) is 3.47. The number of anilines is 1. The van der Waals surface area contributed by atoms with E-state index in [2.05, 4.69) is 20.8 Å². The van der Waals surface area contributed by atoms with Crippen molar-refractivity contribution < 1.29 is 14.7 Å². The third-order valence-electron chi connectivity index (χ3n) is 5.12. The maximum atomic E-state index is 13.0. The Morgan fingerprint density at radius 3 is 2.07 bits per heavy atom. The maximum absolute atomic E-state index is 13.0. The van der Waals surface area contributed by atoms with Gasteiger partial charge in [-0.25, -0.2) is 0 Å². The smallest absolute Gasteiger partial charge is 0.294 e. The van der Waals surface area contributed by atoms with Crippen LogP contribution in [-0.2, 0) is 15.0 Å². The number of aliphatic hydroxyl groups is 1. The van der Waals surface area contributed by atoms with Crippen LogP contribution in [0.25, 0.3) is 0 Å². The lowest BCUT2D eigenvalue weighted by Gasteiger charge is -2.28. The van der Waals surface area contributed by atoms with Crippen LogP contribution in [0.3, 0.4) is 0 Å². The summed E-state index contributed by atoms with van der Waals surface area (Å²) < 4.78 is 0. The standard InChI is InChI=1S/C24H27NO3/c1-15(2)21(26)19-20(16-9-7-6-8-10-16)25(23(28)22(19)27)18-13-11-17(12-14-18)24(3,4)5/h6-15,20,27H,1-5H3. The second-order valence-electron chi connectivity index (χ2n) is 8.57. The van der Waals surface area contributed by atoms with Crippen LogP contribution in [0.2, 0.25) is 0 Å². The highest BCUT2D eigenvalue weighted by molar-refractivity contribution is 6.16. The molecule has 0 aliphatic carbocycles. The van der Waals surface area contributed by atoms with Crippen LogP contribution in [0.4, 0.5) is 5.69 Å². The predicted octanol–water partition coefficient (Wildman–Crippen LogP) is 5.11. The average Bonchev–Trinajstić information content (AvgIpc) is 2.92. The number of amides is 1. The molecule has 4 heteroatoms. The highest BCUT2D eigenvalue weighted by Gasteiger charge is 2.44. The van der Waals surface area contributed by atoms with Crippen molar-refractivity contribution in [2.75, 3.05) is 4.90 Å². The van der Waals surface area contributed by atoms with Crippen molar-refractivity contribution in [3.63, 3.8) is 0 Å². The summed E-state index contributed by atoms with van der Waals surface area (Å²) in [6, 6.07) is 16.5. The van der Waals surface area contributed by atoms with Crippen molar-refractivity contribution in [3.05, 3.63) is 77.1 Å². The molecule has 1 aliphatic heterocycles. The van der Waals surface area contributed by atoms with Crippen molar-refractivity contribution in [2.24, 2.45) is 5.92 Å². The van der Waals surface area contributed by atoms with E-state index < -0.39 is 17.7 Å². The molecule has 0 bridgehead atoms. The largest absolute Gasteiger partial charge is 0.503 e. The number of Topliss-reactive ketones (excluding diaryl/α,β-unsaturated/α-hetero) is 1. The SMILES string of the molecule is CC(C)C(=O)C1=C(O)C(=O)N(c2ccc(C(C)(C)C)cc2)C1c1ccccc1. The quantitative estimate of drug-likeness (QED) is 0.805. The van der Waals surface area contributed by atoms with Gasteiger partial charge in [0.15, 0.2) is 11.5 Å². The van der Waals surface area contributed by atoms with Gasteiger partial charge < -0.3 is 5.11 Å². The van der Waals surface area contributed by atoms with Crippen LogP contribution in [0.1, 0.15) is 51.8 Å². The number of carbonyl (C=O) groups is 2. The molecule has 0 fully saturated rings. The molecule has 1 unspecified atom stereocenters. The van der Waals surface area contributed by atoms with Crippen LogP contribution in [0.15, 0.2) is 65.9 Å². The number of aliphatic hydroxyl groups excluding tert-OH is 1. The fourth-order valence-electron chi connectivity index (χ4n) is 3.51. The molecule has 0 radical (unpaired) electrons. The van der Waals surface area contributed by atoms with Crippen LogP contribution in [0.5, 0.6) is 0 Å². The van der Waals surface area contributed by atoms with E-state index in [-0.39, 0.29) is 22.7 Å². The Kier molecular flexibility index (Phi) is 5.16. The first-order valence-corrected chi connectivity index (χ1v) is 9.59. The fraction of sp³-hybridized carbons (Fsp3) is 0.333. The molecular formula is C24H27NO3. The molecule has 146 valence electrons. The monoisotopic (exact) mass is 377 g/mol. The number of carbonyl (C=O) groups excluding carboxylic acids is 2. The molecule has 3 rings (SSSR count). The van der Waals surface area contributed by atoms with E-state index in [0.717, 1.165) is 11.1 Å². The van der Waals surface area contributed by atoms with Crippen molar-refractivity contribution in [1.29, 1.82) is 0 Å². The van der Waals surface area contributed by atoms with Gasteiger partial charge in [-0.15, -0.1) is 0 Å². The number of hydrogen-bond acceptors (Lipinski definition) is 3. The van der Waals surface area contributed by atoms with Crippen molar-refractivity contribution in [2.45, 2.75) is 46.1 Å². The normalized spacial score (nSPS) is 17.6. The highest BCUT2D eigenvalue weighted by Crippen LogP contribution is 2.42. The van der Waals surface area contributed by atoms with E-state index in [4.69, 9.17) is 0 Å². The molecule has 1 amide bonds. The number of hydrogen-bond donors (Lipinski definition) is 1. The van der Waals surface area contributed by atoms with Gasteiger partial charge in [0.25, 0.3) is 5.91 Å². The van der Waals surface area contributed by atoms with E-state index in [1.807, 2.05) is 54.6 Å². The molecule has 0 saturated carbocycles. The molecule has 2 aromatic rings. The Bertz CT molecular complexity index is 919. The summed E-state index contributed by atoms with van der Waals surface area (Å²) in [5, 5.41) is 10.6. The number of rotatable bonds is 4. The number of nitrogens with zero attached hydrogens (tertiary/aromatic N) is 1. The van der Waals surface area contributed by atoms with Gasteiger partial charge in [-0.3, -0.25) is 14.5 Å². The Morgan fingerprint density at radius 1 is 1.00 bits per heavy atom. The van der Waals surface area contributed by atoms with E-state index in [0.29, 0.717) is 5.69 Å². The molecular weight excluding hydrogens is 350 g/mol. The first kappa shape index (κ1) is 19.9. The summed E-state index contributed by atoms with van der Waals surface area (Å²) in [6.45, 7) is 9.93. The van der Waals surface area contributed by atoms with Crippen molar-refractivity contribution in [1.82, 2.24) is 0 Å². The summed E-state index contributed by atoms with van der Waals surface area (Å²) >= 11 is 0. The number of benzene rings is 2. The summed E-state index contributed by atoms with van der Waals surface area (Å²) in [5.74, 6) is -1.53. The van der Waals surface area contributed by atoms with E-state index in [9.17, 15) is 14.7 Å². The summed E-state index contributed by atoms with van der Waals surface area (Å²) in [6.07, 6.45) is 0. The lowest BCUT2D eigenvalue weighted by Crippen LogP contribution is -2.31. The van der Waals surface area contributed by atoms with E-state index in [1.165, 1.54) is 4.90 Å². The zero-order valence-corrected chi connectivity index (χ0v) is 17.1. The second-order valence-corrected chi connectivity index (χ2v) is 8.57. The maximum Gasteiger partial charge on any atom is 0.294 e. The van der Waals surface area contributed by atoms with Gasteiger partial charge in [-0.05, 0) is 28.7 Å². The van der Waals surface area contributed by atoms with E-state index >= 15 is 0 Å². The van der Waals surface area contributed by atoms with Gasteiger partial charge in [0.1, 0.15) is 0 Å². The highest BCUT2D eigenvalue weighted by atomic mass is 16.3. The first-order valence-electron chi connectivity index (χ1n) is 9.59. The van der Waals surface area contributed by atoms with Gasteiger partial charge in [0, 0.05) is 11.6 Å². The second kappa shape index (κ2) is 7.27. The molecule has 1 aliphatic rings. The number of ketones is 1. The van der Waals surface area contributed by atoms with E-state index in [1.54, 1.807) is 13.8 Å². The first-order chi connectivity index (χ1) is 13.1. The molecule has 2 aromatic carbocycles. The van der Waals surface area contributed by atoms with Crippen LogP contribution in [-0.4, -0.2) is 16.8 Å². The lowest BCUT2D eigenvalue weighted by molar-refractivity contribution is -0.119. The Hall–Kier alpha value is -2.88. The summed E-state index contributed by atoms with van der Waals surface area (Å²) in [5.41, 5.74) is 2.76. The summed E-state index contributed by atoms with van der Waals surface area (Å²) in [4.78, 5) is 27.3. The molecule has 28 heavy (non-hydrogen) atoms. The predicted molar refractivity (Wildman–Crippen MR) is 111 cm³/mol. The zero-order chi connectivity index (χ0) is 20.6. The molecule has 0 spiro atoms. The van der Waals surface area contributed by atoms with Crippen LogP contribution >= 0.6 is 0 Å². The van der Waals surface area contributed by atoms with Gasteiger partial charge in [0.05, 0.1) is 11.6 Å². The summed E-state index contributed by atoms with van der Waals surface area (Å²) in [7, 11) is 0. The molecule has 1 atom stereocenters. The minimum atomic E-state index is -0.635. The average molecular weight is 377 g/mol. The third-order valence-corrected chi connectivity index (χ3v) is 5.12. The Labute approximate surface area is 166 Å². The Balaban J connectivity index is 2.12. The molecule has 1 N–H and O–H groups in total. The Morgan fingerprint density at radius 2 is 1.57 bits per heavy atom. The fourth-order valence-corrected chi connectivity index (χ4v) is 3.51. The minimum Gasteiger partial charge on any atom is -0.503 e. The minimum absolute atomic E-state index is 0.00840.